The molecule has 0 saturated carbocycles. The highest BCUT2D eigenvalue weighted by atomic mass is 16.6. The fourth-order valence-electron chi connectivity index (χ4n) is 3.45. The van der Waals surface area contributed by atoms with Gasteiger partial charge in [0.05, 0.1) is 0 Å². The predicted molar refractivity (Wildman–Crippen MR) is 102 cm³/mol. The van der Waals surface area contributed by atoms with Gasteiger partial charge in [-0.25, -0.2) is 4.79 Å². The first-order chi connectivity index (χ1) is 12.3. The topological polar surface area (TPSA) is 52.6 Å². The molecule has 4 nitrogen and oxygen atoms in total. The Morgan fingerprint density at radius 3 is 2.62 bits per heavy atom. The van der Waals surface area contributed by atoms with Crippen LogP contribution in [0.5, 0.6) is 0 Å². The van der Waals surface area contributed by atoms with Crippen LogP contribution in [0.1, 0.15) is 59.8 Å². The minimum absolute atomic E-state index is 0.0643. The summed E-state index contributed by atoms with van der Waals surface area (Å²) in [6.07, 6.45) is 10.1. The summed E-state index contributed by atoms with van der Waals surface area (Å²) < 4.78 is 11.0. The lowest BCUT2D eigenvalue weighted by atomic mass is 9.90. The summed E-state index contributed by atoms with van der Waals surface area (Å²) in [4.78, 5) is 23.5. The van der Waals surface area contributed by atoms with E-state index in [-0.39, 0.29) is 30.1 Å². The Hall–Kier alpha value is -2.10. The SMILES string of the molecule is C=C1C(=O)O[C@@H]2/C=C(\C)CC/C=C(\C)CC[C@@H](OC(C)=O)/C(C)=C\C[C@H]12. The lowest BCUT2D eigenvalue weighted by Crippen LogP contribution is -2.19. The van der Waals surface area contributed by atoms with Crippen LogP contribution in [0.25, 0.3) is 0 Å². The molecule has 1 fully saturated rings. The van der Waals surface area contributed by atoms with Crippen LogP contribution >= 0.6 is 0 Å². The monoisotopic (exact) mass is 358 g/mol. The van der Waals surface area contributed by atoms with Crippen LogP contribution < -0.4 is 0 Å². The van der Waals surface area contributed by atoms with Gasteiger partial charge in [0.15, 0.2) is 0 Å². The fraction of sp³-hybridized carbons (Fsp3) is 0.545. The molecule has 0 radical (unpaired) electrons. The molecule has 0 amide bonds. The summed E-state index contributed by atoms with van der Waals surface area (Å²) in [6, 6.07) is 0. The van der Waals surface area contributed by atoms with Crippen molar-refractivity contribution in [3.8, 4) is 0 Å². The maximum Gasteiger partial charge on any atom is 0.334 e. The highest BCUT2D eigenvalue weighted by Crippen LogP contribution is 2.33. The quantitative estimate of drug-likeness (QED) is 0.383. The van der Waals surface area contributed by atoms with E-state index in [9.17, 15) is 9.59 Å². The Morgan fingerprint density at radius 2 is 1.92 bits per heavy atom. The first-order valence-electron chi connectivity index (χ1n) is 9.34. The Labute approximate surface area is 156 Å². The Balaban J connectivity index is 2.30. The van der Waals surface area contributed by atoms with Crippen LogP contribution in [0.3, 0.4) is 0 Å². The van der Waals surface area contributed by atoms with Gasteiger partial charge < -0.3 is 9.47 Å². The van der Waals surface area contributed by atoms with E-state index in [0.717, 1.165) is 31.3 Å². The number of esters is 2. The van der Waals surface area contributed by atoms with E-state index >= 15 is 0 Å². The first kappa shape index (κ1) is 20.2. The van der Waals surface area contributed by atoms with Crippen LogP contribution in [0.4, 0.5) is 0 Å². The van der Waals surface area contributed by atoms with E-state index in [1.165, 1.54) is 18.1 Å². The number of ether oxygens (including phenoxy) is 2. The van der Waals surface area contributed by atoms with Gasteiger partial charge in [-0.05, 0) is 64.5 Å². The van der Waals surface area contributed by atoms with Gasteiger partial charge >= 0.3 is 11.9 Å². The number of carbonyl (C=O) groups excluding carboxylic acids is 2. The molecule has 1 aliphatic heterocycles. The Kier molecular flexibility index (Phi) is 7.01. The highest BCUT2D eigenvalue weighted by molar-refractivity contribution is 5.91. The fourth-order valence-corrected chi connectivity index (χ4v) is 3.45. The Morgan fingerprint density at radius 1 is 1.19 bits per heavy atom. The molecule has 0 N–H and O–H groups in total. The van der Waals surface area contributed by atoms with E-state index in [2.05, 4.69) is 38.7 Å². The molecule has 0 aromatic carbocycles. The zero-order valence-corrected chi connectivity index (χ0v) is 16.3. The lowest BCUT2D eigenvalue weighted by Gasteiger charge is -2.20. The zero-order valence-electron chi connectivity index (χ0n) is 16.3. The molecule has 0 aromatic heterocycles. The van der Waals surface area contributed by atoms with Crippen molar-refractivity contribution in [2.75, 3.05) is 0 Å². The van der Waals surface area contributed by atoms with Crippen molar-refractivity contribution in [3.05, 3.63) is 47.1 Å². The van der Waals surface area contributed by atoms with Gasteiger partial charge in [-0.3, -0.25) is 4.79 Å². The van der Waals surface area contributed by atoms with Crippen molar-refractivity contribution < 1.29 is 19.1 Å². The molecule has 0 bridgehead atoms. The predicted octanol–water partition coefficient (Wildman–Crippen LogP) is 4.82. The van der Waals surface area contributed by atoms with E-state index < -0.39 is 0 Å². The van der Waals surface area contributed by atoms with E-state index in [0.29, 0.717) is 12.0 Å². The molecule has 2 aliphatic rings. The van der Waals surface area contributed by atoms with Crippen LogP contribution in [-0.4, -0.2) is 24.1 Å². The number of carbonyl (C=O) groups is 2. The highest BCUT2D eigenvalue weighted by Gasteiger charge is 2.36. The van der Waals surface area contributed by atoms with Crippen molar-refractivity contribution in [3.63, 3.8) is 0 Å². The molecule has 1 saturated heterocycles. The maximum atomic E-state index is 12.0. The molecule has 1 aliphatic carbocycles. The first-order valence-corrected chi connectivity index (χ1v) is 9.34. The van der Waals surface area contributed by atoms with Crippen molar-refractivity contribution in [2.24, 2.45) is 5.92 Å². The molecule has 0 aromatic rings. The molecular formula is C22H30O4. The van der Waals surface area contributed by atoms with Crippen LogP contribution in [-0.2, 0) is 19.1 Å². The molecule has 26 heavy (non-hydrogen) atoms. The van der Waals surface area contributed by atoms with Crippen LogP contribution in [0.15, 0.2) is 47.1 Å². The molecule has 1 heterocycles. The average molecular weight is 358 g/mol. The normalized spacial score (nSPS) is 34.2. The largest absolute Gasteiger partial charge is 0.458 e. The molecule has 0 spiro atoms. The van der Waals surface area contributed by atoms with Crippen LogP contribution in [0, 0.1) is 5.92 Å². The summed E-state index contributed by atoms with van der Waals surface area (Å²) >= 11 is 0. The number of hydrogen-bond donors (Lipinski definition) is 0. The molecule has 2 rings (SSSR count). The van der Waals surface area contributed by atoms with Gasteiger partial charge in [0.2, 0.25) is 0 Å². The van der Waals surface area contributed by atoms with Gasteiger partial charge in [0.25, 0.3) is 0 Å². The summed E-state index contributed by atoms with van der Waals surface area (Å²) in [5, 5.41) is 0. The van der Waals surface area contributed by atoms with Crippen LogP contribution in [0.2, 0.25) is 0 Å². The van der Waals surface area contributed by atoms with Crippen molar-refractivity contribution >= 4 is 11.9 Å². The van der Waals surface area contributed by atoms with Crippen molar-refractivity contribution in [1.82, 2.24) is 0 Å². The maximum absolute atomic E-state index is 12.0. The number of allylic oxidation sites excluding steroid dienone is 4. The molecule has 3 atom stereocenters. The van der Waals surface area contributed by atoms with Gasteiger partial charge in [-0.15, -0.1) is 0 Å². The second-order valence-electron chi connectivity index (χ2n) is 7.42. The third-order valence-corrected chi connectivity index (χ3v) is 5.14. The number of hydrogen-bond acceptors (Lipinski definition) is 4. The van der Waals surface area contributed by atoms with E-state index in [4.69, 9.17) is 9.47 Å². The average Bonchev–Trinajstić information content (AvgIpc) is 2.82. The van der Waals surface area contributed by atoms with E-state index in [1.54, 1.807) is 0 Å². The minimum atomic E-state index is -0.313. The standard InChI is InChI=1S/C22H30O4/c1-14-7-6-8-15(2)13-21-19(17(4)22(24)26-21)11-10-16(3)20(12-9-14)25-18(5)23/h7,10,13,19-21H,4,6,8-9,11-12H2,1-3,5H3/b14-7+,15-13+,16-10-/t19-,20-,21-/m1/s1. The molecule has 0 unspecified atom stereocenters. The summed E-state index contributed by atoms with van der Waals surface area (Å²) in [5.41, 5.74) is 4.06. The van der Waals surface area contributed by atoms with Gasteiger partial charge in [-0.2, -0.15) is 0 Å². The summed E-state index contributed by atoms with van der Waals surface area (Å²) in [7, 11) is 0. The lowest BCUT2D eigenvalue weighted by molar-refractivity contribution is -0.145. The second-order valence-corrected chi connectivity index (χ2v) is 7.42. The molecule has 4 heteroatoms. The van der Waals surface area contributed by atoms with Gasteiger partial charge in [-0.1, -0.05) is 29.9 Å². The molecule has 142 valence electrons. The van der Waals surface area contributed by atoms with Gasteiger partial charge in [0.1, 0.15) is 12.2 Å². The van der Waals surface area contributed by atoms with Gasteiger partial charge in [0, 0.05) is 18.4 Å². The number of fused-ring (bicyclic) bond motifs is 1. The smallest absolute Gasteiger partial charge is 0.334 e. The van der Waals surface area contributed by atoms with E-state index in [1.807, 2.05) is 6.92 Å². The third kappa shape index (κ3) is 5.45. The molecular weight excluding hydrogens is 328 g/mol. The van der Waals surface area contributed by atoms with Crippen molar-refractivity contribution in [1.29, 1.82) is 0 Å². The summed E-state index contributed by atoms with van der Waals surface area (Å²) in [5.74, 6) is -0.650. The minimum Gasteiger partial charge on any atom is -0.458 e. The summed E-state index contributed by atoms with van der Waals surface area (Å²) in [6.45, 7) is 11.5. The third-order valence-electron chi connectivity index (χ3n) is 5.14. The number of rotatable bonds is 1. The second kappa shape index (κ2) is 9.02. The Bertz CT molecular complexity index is 666. The van der Waals surface area contributed by atoms with Crippen molar-refractivity contribution in [2.45, 2.75) is 72.0 Å². The zero-order chi connectivity index (χ0) is 19.3.